The molecule has 1 saturated heterocycles. The average Bonchev–Trinajstić information content (AvgIpc) is 3.21. The standard InChI is InChI=1S/C24H26N6O/c1-3-20-23-12-21(28-30(23)14-16(2)27-20)18-5-4-6-19-13-26-22(15-29(19)24(31)11-18)17-7-9-25-10-8-17/h4-6,11-15,17,25H,3,7-10H2,1-2H3/b5-4+,18-11+,19-6+. The van der Waals surface area contributed by atoms with Crippen LogP contribution in [0.15, 0.2) is 59.2 Å². The number of nitrogens with zero attached hydrogens (tertiary/aromatic N) is 5. The molecule has 1 amide bonds. The van der Waals surface area contributed by atoms with Gasteiger partial charge in [-0.25, -0.2) is 4.52 Å². The second-order valence-electron chi connectivity index (χ2n) is 8.14. The van der Waals surface area contributed by atoms with Gasteiger partial charge in [0.2, 0.25) is 0 Å². The molecule has 3 aliphatic heterocycles. The molecule has 7 nitrogen and oxygen atoms in total. The predicted octanol–water partition coefficient (Wildman–Crippen LogP) is 3.19. The van der Waals surface area contributed by atoms with Crippen LogP contribution in [0.1, 0.15) is 36.8 Å². The van der Waals surface area contributed by atoms with Gasteiger partial charge in [-0.3, -0.25) is 19.7 Å². The summed E-state index contributed by atoms with van der Waals surface area (Å²) in [5, 5.41) is 8.10. The number of aryl methyl sites for hydroxylation is 2. The van der Waals surface area contributed by atoms with E-state index in [1.807, 2.05) is 48.1 Å². The lowest BCUT2D eigenvalue weighted by molar-refractivity contribution is -0.121. The number of hydrogen-bond acceptors (Lipinski definition) is 5. The summed E-state index contributed by atoms with van der Waals surface area (Å²) in [4.78, 5) is 24.2. The van der Waals surface area contributed by atoms with E-state index in [-0.39, 0.29) is 5.91 Å². The van der Waals surface area contributed by atoms with Gasteiger partial charge >= 0.3 is 0 Å². The molecular formula is C24H26N6O. The number of nitrogens with one attached hydrogen (secondary N) is 1. The highest BCUT2D eigenvalue weighted by Gasteiger charge is 2.24. The number of aliphatic imine (C=N–C) groups is 1. The smallest absolute Gasteiger partial charge is 0.255 e. The number of allylic oxidation sites excluding steroid dienone is 6. The summed E-state index contributed by atoms with van der Waals surface area (Å²) in [6, 6.07) is 2.01. The molecule has 0 atom stereocenters. The summed E-state index contributed by atoms with van der Waals surface area (Å²) in [5.74, 6) is 0.295. The minimum Gasteiger partial charge on any atom is -0.317 e. The van der Waals surface area contributed by atoms with Crippen molar-refractivity contribution in [2.24, 2.45) is 10.9 Å². The van der Waals surface area contributed by atoms with E-state index < -0.39 is 0 Å². The van der Waals surface area contributed by atoms with E-state index in [4.69, 9.17) is 5.10 Å². The highest BCUT2D eigenvalue weighted by Crippen LogP contribution is 2.28. The first-order chi connectivity index (χ1) is 15.1. The second-order valence-corrected chi connectivity index (χ2v) is 8.14. The summed E-state index contributed by atoms with van der Waals surface area (Å²) in [6.07, 6.45) is 16.0. The van der Waals surface area contributed by atoms with Crippen molar-refractivity contribution in [3.63, 3.8) is 0 Å². The average molecular weight is 415 g/mol. The fraction of sp³-hybridized carbons (Fsp3) is 0.333. The third kappa shape index (κ3) is 3.77. The van der Waals surface area contributed by atoms with Crippen LogP contribution in [0.4, 0.5) is 0 Å². The minimum atomic E-state index is -0.0924. The Balaban J connectivity index is 1.50. The largest absolute Gasteiger partial charge is 0.317 e. The van der Waals surface area contributed by atoms with Crippen molar-refractivity contribution in [2.75, 3.05) is 13.1 Å². The van der Waals surface area contributed by atoms with E-state index >= 15 is 0 Å². The lowest BCUT2D eigenvalue weighted by atomic mass is 9.94. The lowest BCUT2D eigenvalue weighted by Gasteiger charge is -2.28. The Morgan fingerprint density at radius 1 is 1.26 bits per heavy atom. The first-order valence-corrected chi connectivity index (χ1v) is 10.9. The van der Waals surface area contributed by atoms with Gasteiger partial charge in [0.1, 0.15) is 0 Å². The molecule has 1 fully saturated rings. The van der Waals surface area contributed by atoms with Crippen LogP contribution in [0.25, 0.3) is 11.1 Å². The van der Waals surface area contributed by atoms with Crippen LogP contribution >= 0.6 is 0 Å². The van der Waals surface area contributed by atoms with Gasteiger partial charge in [0.05, 0.1) is 46.4 Å². The zero-order valence-electron chi connectivity index (χ0n) is 17.9. The van der Waals surface area contributed by atoms with E-state index in [2.05, 4.69) is 22.2 Å². The number of carbonyl (C=O) groups excluding carboxylic acids is 1. The SMILES string of the molecule is CCc1nc(C)cn2nc(C3=C\C(=O)N4C=C(C5CCNCC5)N=C\C4=C/C=C/3)cc12. The Morgan fingerprint density at radius 2 is 2.10 bits per heavy atom. The van der Waals surface area contributed by atoms with Crippen molar-refractivity contribution in [1.82, 2.24) is 24.8 Å². The van der Waals surface area contributed by atoms with Gasteiger partial charge in [0, 0.05) is 23.8 Å². The van der Waals surface area contributed by atoms with E-state index in [0.717, 1.165) is 71.9 Å². The molecule has 0 saturated carbocycles. The molecule has 7 heteroatoms. The molecule has 158 valence electrons. The molecule has 1 N–H and O–H groups in total. The maximum atomic E-state index is 13.2. The van der Waals surface area contributed by atoms with Crippen molar-refractivity contribution in [2.45, 2.75) is 33.1 Å². The molecule has 3 aliphatic rings. The van der Waals surface area contributed by atoms with Crippen molar-refractivity contribution in [1.29, 1.82) is 0 Å². The monoisotopic (exact) mass is 414 g/mol. The quantitative estimate of drug-likeness (QED) is 0.837. The fourth-order valence-electron chi connectivity index (χ4n) is 4.33. The first-order valence-electron chi connectivity index (χ1n) is 10.9. The van der Waals surface area contributed by atoms with Crippen molar-refractivity contribution >= 4 is 23.2 Å². The number of amides is 1. The van der Waals surface area contributed by atoms with Gasteiger partial charge in [0.15, 0.2) is 0 Å². The van der Waals surface area contributed by atoms with Gasteiger partial charge in [-0.2, -0.15) is 5.10 Å². The molecule has 2 aromatic heterocycles. The number of fused-ring (bicyclic) bond motifs is 2. The first kappa shape index (κ1) is 19.6. The molecule has 5 rings (SSSR count). The zero-order valence-corrected chi connectivity index (χ0v) is 17.9. The molecule has 31 heavy (non-hydrogen) atoms. The Bertz CT molecular complexity index is 1190. The van der Waals surface area contributed by atoms with E-state index in [9.17, 15) is 4.79 Å². The normalized spacial score (nSPS) is 24.0. The highest BCUT2D eigenvalue weighted by molar-refractivity contribution is 6.02. The Hall–Kier alpha value is -3.32. The minimum absolute atomic E-state index is 0.0924. The van der Waals surface area contributed by atoms with Gasteiger partial charge in [-0.1, -0.05) is 19.1 Å². The molecular weight excluding hydrogens is 388 g/mol. The molecule has 0 aromatic carbocycles. The van der Waals surface area contributed by atoms with Crippen molar-refractivity contribution in [3.8, 4) is 0 Å². The second kappa shape index (κ2) is 8.07. The summed E-state index contributed by atoms with van der Waals surface area (Å²) >= 11 is 0. The Morgan fingerprint density at radius 3 is 2.90 bits per heavy atom. The summed E-state index contributed by atoms with van der Waals surface area (Å²) in [5.41, 5.74) is 6.20. The van der Waals surface area contributed by atoms with Crippen LogP contribution < -0.4 is 5.32 Å². The topological polar surface area (TPSA) is 74.9 Å². The van der Waals surface area contributed by atoms with Crippen LogP contribution in [0.2, 0.25) is 0 Å². The van der Waals surface area contributed by atoms with Gasteiger partial charge in [-0.15, -0.1) is 0 Å². The third-order valence-electron chi connectivity index (χ3n) is 5.98. The number of carbonyl (C=O) groups is 1. The molecule has 0 aliphatic carbocycles. The van der Waals surface area contributed by atoms with Crippen molar-refractivity contribution < 1.29 is 4.79 Å². The molecule has 2 aromatic rings. The summed E-state index contributed by atoms with van der Waals surface area (Å²) in [7, 11) is 0. The number of hydrogen-bond donors (Lipinski definition) is 1. The van der Waals surface area contributed by atoms with E-state index in [1.54, 1.807) is 17.2 Å². The third-order valence-corrected chi connectivity index (χ3v) is 5.98. The molecule has 0 radical (unpaired) electrons. The van der Waals surface area contributed by atoms with Gasteiger partial charge in [0.25, 0.3) is 5.91 Å². The van der Waals surface area contributed by atoms with Crippen LogP contribution in [-0.2, 0) is 11.2 Å². The summed E-state index contributed by atoms with van der Waals surface area (Å²) < 4.78 is 1.86. The van der Waals surface area contributed by atoms with Crippen LogP contribution in [0, 0.1) is 12.8 Å². The van der Waals surface area contributed by atoms with Gasteiger partial charge < -0.3 is 5.32 Å². The number of aromatic nitrogens is 3. The summed E-state index contributed by atoms with van der Waals surface area (Å²) in [6.45, 7) is 6.03. The zero-order chi connectivity index (χ0) is 21.4. The molecule has 0 unspecified atom stereocenters. The fourth-order valence-corrected chi connectivity index (χ4v) is 4.33. The maximum absolute atomic E-state index is 13.2. The Kier molecular flexibility index (Phi) is 5.11. The van der Waals surface area contributed by atoms with E-state index in [0.29, 0.717) is 5.92 Å². The molecule has 5 heterocycles. The van der Waals surface area contributed by atoms with E-state index in [1.165, 1.54) is 0 Å². The maximum Gasteiger partial charge on any atom is 0.255 e. The van der Waals surface area contributed by atoms with Crippen LogP contribution in [0.5, 0.6) is 0 Å². The Labute approximate surface area is 181 Å². The number of rotatable bonds is 3. The van der Waals surface area contributed by atoms with Crippen LogP contribution in [-0.4, -0.2) is 44.7 Å². The van der Waals surface area contributed by atoms with Gasteiger partial charge in [-0.05, 0) is 51.4 Å². The number of piperidine rings is 1. The molecule has 0 bridgehead atoms. The van der Waals surface area contributed by atoms with Crippen molar-refractivity contribution in [3.05, 3.63) is 71.2 Å². The lowest BCUT2D eigenvalue weighted by Crippen LogP contribution is -2.32. The van der Waals surface area contributed by atoms with Crippen LogP contribution in [0.3, 0.4) is 0 Å². The highest BCUT2D eigenvalue weighted by atomic mass is 16.2. The predicted molar refractivity (Wildman–Crippen MR) is 121 cm³/mol. The molecule has 0 spiro atoms.